The number of hydrogen-bond donors (Lipinski definition) is 2. The fourth-order valence-electron chi connectivity index (χ4n) is 2.04. The quantitative estimate of drug-likeness (QED) is 0.529. The molecule has 0 aromatic heterocycles. The second kappa shape index (κ2) is 8.64. The number of sulfonamides is 1. The van der Waals surface area contributed by atoms with Gasteiger partial charge in [-0.25, -0.2) is 17.5 Å². The van der Waals surface area contributed by atoms with E-state index in [0.717, 1.165) is 12.1 Å². The molecule has 0 spiro atoms. The van der Waals surface area contributed by atoms with Crippen molar-refractivity contribution in [3.63, 3.8) is 0 Å². The van der Waals surface area contributed by atoms with E-state index in [0.29, 0.717) is 11.3 Å². The number of carbonyl (C=O) groups is 1. The van der Waals surface area contributed by atoms with Crippen molar-refractivity contribution in [2.24, 2.45) is 0 Å². The number of rotatable bonds is 7. The summed E-state index contributed by atoms with van der Waals surface area (Å²) in [5.74, 6) is -1.57. The first kappa shape index (κ1) is 20.4. The predicted octanol–water partition coefficient (Wildman–Crippen LogP) is 3.99. The van der Waals surface area contributed by atoms with E-state index in [1.165, 1.54) is 18.2 Å². The molecule has 0 radical (unpaired) electrons. The van der Waals surface area contributed by atoms with Gasteiger partial charge in [0.15, 0.2) is 0 Å². The molecule has 1 amide bonds. The summed E-state index contributed by atoms with van der Waals surface area (Å²) in [4.78, 5) is 12.2. The van der Waals surface area contributed by atoms with Crippen LogP contribution in [0.15, 0.2) is 49.1 Å². The summed E-state index contributed by atoms with van der Waals surface area (Å²) in [5.41, 5.74) is 0.880. The van der Waals surface area contributed by atoms with E-state index in [9.17, 15) is 17.6 Å². The summed E-state index contributed by atoms with van der Waals surface area (Å²) in [5, 5.41) is 2.40. The van der Waals surface area contributed by atoms with E-state index >= 15 is 0 Å². The molecule has 9 heteroatoms. The molecule has 26 heavy (non-hydrogen) atoms. The molecule has 5 nitrogen and oxygen atoms in total. The number of anilines is 1. The highest BCUT2D eigenvalue weighted by molar-refractivity contribution is 7.88. The van der Waals surface area contributed by atoms with Gasteiger partial charge in [0.1, 0.15) is 5.82 Å². The zero-order valence-electron chi connectivity index (χ0n) is 13.4. The molecule has 2 rings (SSSR count). The van der Waals surface area contributed by atoms with Gasteiger partial charge in [0, 0.05) is 12.2 Å². The topological polar surface area (TPSA) is 75.3 Å². The summed E-state index contributed by atoms with van der Waals surface area (Å²) in [6, 6.07) is 8.30. The molecule has 0 heterocycles. The first-order chi connectivity index (χ1) is 12.2. The number of hydrogen-bond acceptors (Lipinski definition) is 3. The Morgan fingerprint density at radius 3 is 2.42 bits per heavy atom. The smallest absolute Gasteiger partial charge is 0.257 e. The van der Waals surface area contributed by atoms with E-state index in [2.05, 4.69) is 16.6 Å². The Morgan fingerprint density at radius 1 is 1.15 bits per heavy atom. The lowest BCUT2D eigenvalue weighted by Crippen LogP contribution is -2.25. The average molecular weight is 417 g/mol. The Bertz CT molecular complexity index is 932. The van der Waals surface area contributed by atoms with E-state index in [1.54, 1.807) is 12.1 Å². The zero-order valence-corrected chi connectivity index (χ0v) is 15.8. The minimum absolute atomic E-state index is 0.0184. The summed E-state index contributed by atoms with van der Waals surface area (Å²) in [6.45, 7) is 3.59. The van der Waals surface area contributed by atoms with Crippen LogP contribution in [0.5, 0.6) is 0 Å². The molecule has 0 unspecified atom stereocenters. The maximum Gasteiger partial charge on any atom is 0.257 e. The highest BCUT2D eigenvalue weighted by atomic mass is 35.5. The van der Waals surface area contributed by atoms with Gasteiger partial charge in [-0.1, -0.05) is 41.4 Å². The second-order valence-corrected chi connectivity index (χ2v) is 7.91. The Kier molecular flexibility index (Phi) is 6.77. The molecule has 0 aliphatic carbocycles. The fraction of sp³-hybridized carbons (Fsp3) is 0.118. The third kappa shape index (κ3) is 5.54. The van der Waals surface area contributed by atoms with Crippen molar-refractivity contribution in [2.45, 2.75) is 5.75 Å². The summed E-state index contributed by atoms with van der Waals surface area (Å²) in [6.07, 6.45) is 1.45. The summed E-state index contributed by atoms with van der Waals surface area (Å²) >= 11 is 11.5. The molecule has 0 fully saturated rings. The van der Waals surface area contributed by atoms with Crippen LogP contribution in [0.25, 0.3) is 0 Å². The van der Waals surface area contributed by atoms with Gasteiger partial charge in [0.05, 0.1) is 21.4 Å². The Morgan fingerprint density at radius 2 is 1.81 bits per heavy atom. The maximum atomic E-state index is 13.5. The van der Waals surface area contributed by atoms with Crippen LogP contribution >= 0.6 is 23.2 Å². The van der Waals surface area contributed by atoms with Crippen molar-refractivity contribution in [3.05, 3.63) is 76.0 Å². The molecule has 138 valence electrons. The predicted molar refractivity (Wildman–Crippen MR) is 102 cm³/mol. The third-order valence-corrected chi connectivity index (χ3v) is 5.19. The minimum atomic E-state index is -3.47. The largest absolute Gasteiger partial charge is 0.322 e. The number of carbonyl (C=O) groups excluding carboxylic acids is 1. The second-order valence-electron chi connectivity index (χ2n) is 5.29. The number of benzene rings is 2. The molecule has 2 aromatic rings. The molecule has 2 N–H and O–H groups in total. The Labute approximate surface area is 160 Å². The van der Waals surface area contributed by atoms with Gasteiger partial charge in [-0.15, -0.1) is 6.58 Å². The summed E-state index contributed by atoms with van der Waals surface area (Å²) < 4.78 is 39.5. The van der Waals surface area contributed by atoms with Crippen molar-refractivity contribution >= 4 is 44.8 Å². The van der Waals surface area contributed by atoms with Crippen LogP contribution in [0.4, 0.5) is 10.1 Å². The molecular formula is C17H15Cl2FN2O3S. The average Bonchev–Trinajstić information content (AvgIpc) is 2.57. The zero-order chi connectivity index (χ0) is 19.3. The van der Waals surface area contributed by atoms with Crippen molar-refractivity contribution in [3.8, 4) is 0 Å². The lowest BCUT2D eigenvalue weighted by molar-refractivity contribution is 0.102. The summed E-state index contributed by atoms with van der Waals surface area (Å²) in [7, 11) is -3.47. The molecule has 0 saturated carbocycles. The van der Waals surface area contributed by atoms with E-state index < -0.39 is 21.7 Å². The molecule has 0 aliphatic heterocycles. The van der Waals surface area contributed by atoms with Crippen LogP contribution in [0.3, 0.4) is 0 Å². The van der Waals surface area contributed by atoms with Crippen LogP contribution in [0.2, 0.25) is 10.0 Å². The van der Waals surface area contributed by atoms with Crippen LogP contribution in [-0.2, 0) is 15.8 Å². The van der Waals surface area contributed by atoms with E-state index in [-0.39, 0.29) is 27.9 Å². The first-order valence-corrected chi connectivity index (χ1v) is 9.76. The Hall–Kier alpha value is -1.93. The van der Waals surface area contributed by atoms with Gasteiger partial charge in [0.25, 0.3) is 5.91 Å². The van der Waals surface area contributed by atoms with Crippen LogP contribution in [-0.4, -0.2) is 20.9 Å². The Balaban J connectivity index is 2.08. The molecule has 0 bridgehead atoms. The number of nitrogens with one attached hydrogen (secondary N) is 2. The monoisotopic (exact) mass is 416 g/mol. The van der Waals surface area contributed by atoms with Crippen molar-refractivity contribution in [1.82, 2.24) is 4.72 Å². The molecular weight excluding hydrogens is 402 g/mol. The van der Waals surface area contributed by atoms with Crippen molar-refractivity contribution < 1.29 is 17.6 Å². The van der Waals surface area contributed by atoms with Crippen molar-refractivity contribution in [2.75, 3.05) is 11.9 Å². The van der Waals surface area contributed by atoms with Gasteiger partial charge in [-0.3, -0.25) is 4.79 Å². The third-order valence-electron chi connectivity index (χ3n) is 3.27. The van der Waals surface area contributed by atoms with Gasteiger partial charge >= 0.3 is 0 Å². The van der Waals surface area contributed by atoms with Crippen LogP contribution in [0.1, 0.15) is 15.9 Å². The molecule has 0 aliphatic rings. The van der Waals surface area contributed by atoms with E-state index in [4.69, 9.17) is 23.2 Å². The highest BCUT2D eigenvalue weighted by Crippen LogP contribution is 2.25. The number of halogens is 3. The maximum absolute atomic E-state index is 13.5. The SMILES string of the molecule is C=CCNS(=O)(=O)Cc1ccc(NC(=O)c2cc(F)c(Cl)cc2Cl)cc1. The minimum Gasteiger partial charge on any atom is -0.322 e. The van der Waals surface area contributed by atoms with Gasteiger partial charge in [-0.2, -0.15) is 0 Å². The highest BCUT2D eigenvalue weighted by Gasteiger charge is 2.15. The standard InChI is InChI=1S/C17H15Cl2FN2O3S/c1-2-7-21-26(24,25)10-11-3-5-12(6-4-11)22-17(23)13-8-16(20)15(19)9-14(13)18/h2-6,8-9,21H,1,7,10H2,(H,22,23). The van der Waals surface area contributed by atoms with Crippen LogP contribution < -0.4 is 10.0 Å². The van der Waals surface area contributed by atoms with Crippen LogP contribution in [0, 0.1) is 5.82 Å². The molecule has 2 aromatic carbocycles. The van der Waals surface area contributed by atoms with Gasteiger partial charge in [0.2, 0.25) is 10.0 Å². The van der Waals surface area contributed by atoms with Gasteiger partial charge < -0.3 is 5.32 Å². The molecule has 0 saturated heterocycles. The first-order valence-electron chi connectivity index (χ1n) is 7.35. The van der Waals surface area contributed by atoms with Gasteiger partial charge in [-0.05, 0) is 29.8 Å². The fourth-order valence-corrected chi connectivity index (χ4v) is 3.61. The van der Waals surface area contributed by atoms with E-state index in [1.807, 2.05) is 0 Å². The number of amides is 1. The normalized spacial score (nSPS) is 11.2. The lowest BCUT2D eigenvalue weighted by Gasteiger charge is -2.09. The lowest BCUT2D eigenvalue weighted by atomic mass is 10.2. The van der Waals surface area contributed by atoms with Crippen molar-refractivity contribution in [1.29, 1.82) is 0 Å². The molecule has 0 atom stereocenters.